The van der Waals surface area contributed by atoms with Crippen molar-refractivity contribution < 1.29 is 9.53 Å². The number of nitrogens with zero attached hydrogens (tertiary/aromatic N) is 1. The minimum absolute atomic E-state index is 0.237. The number of ether oxygens (including phenoxy) is 1. The summed E-state index contributed by atoms with van der Waals surface area (Å²) in [6.07, 6.45) is 6.27. The molecule has 0 saturated heterocycles. The topological polar surface area (TPSA) is 39.2 Å². The molecule has 0 amide bonds. The molecule has 0 atom stereocenters. The lowest BCUT2D eigenvalue weighted by molar-refractivity contribution is 0.0967. The van der Waals surface area contributed by atoms with Gasteiger partial charge in [0.25, 0.3) is 0 Å². The Morgan fingerprint density at radius 1 is 1.31 bits per heavy atom. The number of hydrogen-bond donors (Lipinski definition) is 0. The van der Waals surface area contributed by atoms with Crippen molar-refractivity contribution in [2.24, 2.45) is 11.8 Å². The zero-order valence-electron chi connectivity index (χ0n) is 9.19. The van der Waals surface area contributed by atoms with Crippen molar-refractivity contribution in [3.05, 3.63) is 23.9 Å². The van der Waals surface area contributed by atoms with Gasteiger partial charge in [-0.25, -0.2) is 4.98 Å². The summed E-state index contributed by atoms with van der Waals surface area (Å²) in [5.41, 5.74) is 0.723. The first-order chi connectivity index (χ1) is 7.83. The van der Waals surface area contributed by atoms with Gasteiger partial charge >= 0.3 is 0 Å². The fourth-order valence-corrected chi connectivity index (χ4v) is 1.68. The summed E-state index contributed by atoms with van der Waals surface area (Å²) in [7, 11) is 0. The van der Waals surface area contributed by atoms with Gasteiger partial charge in [-0.2, -0.15) is 0 Å². The smallest absolute Gasteiger partial charge is 0.213 e. The second-order valence-corrected chi connectivity index (χ2v) is 4.78. The number of carbonyl (C=O) groups excluding carboxylic acids is 1. The Kier molecular flexibility index (Phi) is 2.39. The molecule has 1 aromatic rings. The molecule has 2 aliphatic carbocycles. The zero-order chi connectivity index (χ0) is 11.0. The lowest BCUT2D eigenvalue weighted by atomic mass is 10.1. The van der Waals surface area contributed by atoms with E-state index in [2.05, 4.69) is 4.98 Å². The molecule has 2 saturated carbocycles. The van der Waals surface area contributed by atoms with E-state index >= 15 is 0 Å². The maximum Gasteiger partial charge on any atom is 0.213 e. The molecule has 3 nitrogen and oxygen atoms in total. The summed E-state index contributed by atoms with van der Waals surface area (Å²) in [5, 5.41) is 0. The average Bonchev–Trinajstić information content (AvgIpc) is 3.19. The second kappa shape index (κ2) is 3.89. The van der Waals surface area contributed by atoms with Crippen LogP contribution in [0.3, 0.4) is 0 Å². The van der Waals surface area contributed by atoms with Crippen LogP contribution in [-0.2, 0) is 0 Å². The molecule has 0 radical (unpaired) electrons. The van der Waals surface area contributed by atoms with Gasteiger partial charge in [-0.3, -0.25) is 4.79 Å². The highest BCUT2D eigenvalue weighted by Crippen LogP contribution is 2.33. The highest BCUT2D eigenvalue weighted by Gasteiger charge is 2.30. The van der Waals surface area contributed by atoms with Crippen LogP contribution in [-0.4, -0.2) is 17.4 Å². The third kappa shape index (κ3) is 2.23. The fourth-order valence-electron chi connectivity index (χ4n) is 1.68. The largest absolute Gasteiger partial charge is 0.477 e. The molecule has 0 bridgehead atoms. The Morgan fingerprint density at radius 2 is 2.12 bits per heavy atom. The van der Waals surface area contributed by atoms with Crippen molar-refractivity contribution >= 4 is 5.78 Å². The molecule has 1 heterocycles. The number of pyridine rings is 1. The highest BCUT2D eigenvalue weighted by atomic mass is 16.5. The van der Waals surface area contributed by atoms with Gasteiger partial charge in [0, 0.05) is 23.7 Å². The number of aromatic nitrogens is 1. The fraction of sp³-hybridized carbons (Fsp3) is 0.538. The molecule has 0 aromatic carbocycles. The number of hydrogen-bond acceptors (Lipinski definition) is 3. The third-order valence-electron chi connectivity index (χ3n) is 3.13. The van der Waals surface area contributed by atoms with E-state index in [-0.39, 0.29) is 11.7 Å². The molecular formula is C13H15NO2. The van der Waals surface area contributed by atoms with Gasteiger partial charge < -0.3 is 4.74 Å². The van der Waals surface area contributed by atoms with Gasteiger partial charge in [0.1, 0.15) is 0 Å². The zero-order valence-corrected chi connectivity index (χ0v) is 9.19. The molecule has 2 fully saturated rings. The van der Waals surface area contributed by atoms with E-state index < -0.39 is 0 Å². The first-order valence-corrected chi connectivity index (χ1v) is 5.96. The van der Waals surface area contributed by atoms with E-state index in [0.29, 0.717) is 5.88 Å². The molecule has 2 aliphatic rings. The van der Waals surface area contributed by atoms with Crippen LogP contribution in [0.5, 0.6) is 5.88 Å². The van der Waals surface area contributed by atoms with Crippen molar-refractivity contribution in [2.75, 3.05) is 6.61 Å². The van der Waals surface area contributed by atoms with Crippen LogP contribution in [0.2, 0.25) is 0 Å². The molecule has 1 aromatic heterocycles. The minimum Gasteiger partial charge on any atom is -0.477 e. The number of ketones is 1. The van der Waals surface area contributed by atoms with Crippen LogP contribution in [0.4, 0.5) is 0 Å². The summed E-state index contributed by atoms with van der Waals surface area (Å²) < 4.78 is 5.52. The molecule has 3 rings (SSSR count). The van der Waals surface area contributed by atoms with E-state index in [0.717, 1.165) is 30.9 Å². The summed E-state index contributed by atoms with van der Waals surface area (Å²) in [4.78, 5) is 15.9. The molecule has 84 valence electrons. The van der Waals surface area contributed by atoms with Crippen LogP contribution in [0.15, 0.2) is 18.3 Å². The van der Waals surface area contributed by atoms with E-state index in [4.69, 9.17) is 4.74 Å². The molecule has 0 spiro atoms. The number of rotatable bonds is 5. The van der Waals surface area contributed by atoms with Crippen molar-refractivity contribution in [3.8, 4) is 5.88 Å². The minimum atomic E-state index is 0.237. The van der Waals surface area contributed by atoms with E-state index in [9.17, 15) is 4.79 Å². The standard InChI is InChI=1S/C13H15NO2/c15-13(10-3-4-10)11-5-6-12(14-7-11)16-8-9-1-2-9/h5-7,9-10H,1-4,8H2. The molecule has 3 heteroatoms. The first-order valence-electron chi connectivity index (χ1n) is 5.96. The molecular weight excluding hydrogens is 202 g/mol. The second-order valence-electron chi connectivity index (χ2n) is 4.78. The van der Waals surface area contributed by atoms with Gasteiger partial charge in [0.05, 0.1) is 6.61 Å². The summed E-state index contributed by atoms with van der Waals surface area (Å²) in [6.45, 7) is 0.767. The van der Waals surface area contributed by atoms with Gasteiger partial charge in [-0.05, 0) is 37.7 Å². The van der Waals surface area contributed by atoms with Crippen molar-refractivity contribution in [2.45, 2.75) is 25.7 Å². The predicted octanol–water partition coefficient (Wildman–Crippen LogP) is 2.46. The molecule has 0 unspecified atom stereocenters. The predicted molar refractivity (Wildman–Crippen MR) is 59.5 cm³/mol. The van der Waals surface area contributed by atoms with Gasteiger partial charge in [0.15, 0.2) is 5.78 Å². The number of carbonyl (C=O) groups is 1. The molecule has 0 N–H and O–H groups in total. The van der Waals surface area contributed by atoms with Crippen LogP contribution < -0.4 is 4.74 Å². The van der Waals surface area contributed by atoms with E-state index in [1.165, 1.54) is 12.8 Å². The Bertz CT molecular complexity index is 391. The molecule has 0 aliphatic heterocycles. The lowest BCUT2D eigenvalue weighted by Gasteiger charge is -2.04. The quantitative estimate of drug-likeness (QED) is 0.711. The third-order valence-corrected chi connectivity index (χ3v) is 3.13. The Labute approximate surface area is 94.8 Å². The van der Waals surface area contributed by atoms with Crippen molar-refractivity contribution in [1.82, 2.24) is 4.98 Å². The van der Waals surface area contributed by atoms with Gasteiger partial charge in [-0.1, -0.05) is 0 Å². The maximum atomic E-state index is 11.7. The maximum absolute atomic E-state index is 11.7. The van der Waals surface area contributed by atoms with Crippen LogP contribution in [0.1, 0.15) is 36.0 Å². The average molecular weight is 217 g/mol. The lowest BCUT2D eigenvalue weighted by Crippen LogP contribution is -2.04. The highest BCUT2D eigenvalue weighted by molar-refractivity contribution is 5.99. The summed E-state index contributed by atoms with van der Waals surface area (Å²) in [6, 6.07) is 3.63. The van der Waals surface area contributed by atoms with Crippen LogP contribution in [0.25, 0.3) is 0 Å². The van der Waals surface area contributed by atoms with Crippen LogP contribution >= 0.6 is 0 Å². The monoisotopic (exact) mass is 217 g/mol. The first kappa shape index (κ1) is 9.82. The van der Waals surface area contributed by atoms with Gasteiger partial charge in [0.2, 0.25) is 5.88 Å². The summed E-state index contributed by atoms with van der Waals surface area (Å²) >= 11 is 0. The Balaban J connectivity index is 1.61. The summed E-state index contributed by atoms with van der Waals surface area (Å²) in [5.74, 6) is 1.87. The van der Waals surface area contributed by atoms with Crippen molar-refractivity contribution in [3.63, 3.8) is 0 Å². The van der Waals surface area contributed by atoms with Crippen LogP contribution in [0, 0.1) is 11.8 Å². The normalized spacial score (nSPS) is 19.5. The van der Waals surface area contributed by atoms with Crippen molar-refractivity contribution in [1.29, 1.82) is 0 Å². The van der Waals surface area contributed by atoms with E-state index in [1.807, 2.05) is 6.07 Å². The Morgan fingerprint density at radius 3 is 2.69 bits per heavy atom. The molecule has 16 heavy (non-hydrogen) atoms. The van der Waals surface area contributed by atoms with E-state index in [1.54, 1.807) is 12.3 Å². The number of Topliss-reactive ketones (excluding diaryl/α,β-unsaturated/α-hetero) is 1. The Hall–Kier alpha value is -1.38. The van der Waals surface area contributed by atoms with Gasteiger partial charge in [-0.15, -0.1) is 0 Å². The SMILES string of the molecule is O=C(c1ccc(OCC2CC2)nc1)C1CC1.